The Morgan fingerprint density at radius 1 is 1.41 bits per heavy atom. The maximum absolute atomic E-state index is 12.9. The molecule has 0 saturated carbocycles. The number of carbonyl (C=O) groups is 1. The Labute approximate surface area is 182 Å². The van der Waals surface area contributed by atoms with Gasteiger partial charge in [-0.3, -0.25) is 4.79 Å². The molecular formula is C19H16BrIN2O3S. The number of nitrogens with one attached hydrogen (secondary N) is 1. The Bertz CT molecular complexity index is 972. The lowest BCUT2D eigenvalue weighted by Gasteiger charge is -2.12. The van der Waals surface area contributed by atoms with Crippen LogP contribution in [0.3, 0.4) is 0 Å². The lowest BCUT2D eigenvalue weighted by molar-refractivity contribution is 0.0948. The molecule has 0 unspecified atom stereocenters. The fourth-order valence-corrected chi connectivity index (χ4v) is 5.04. The summed E-state index contributed by atoms with van der Waals surface area (Å²) in [5.74, 6) is 1.28. The Morgan fingerprint density at radius 2 is 2.26 bits per heavy atom. The lowest BCUT2D eigenvalue weighted by Crippen LogP contribution is -2.23. The van der Waals surface area contributed by atoms with Crippen molar-refractivity contribution in [2.24, 2.45) is 4.99 Å². The number of aliphatic imine (C=N–C) groups is 1. The van der Waals surface area contributed by atoms with Crippen LogP contribution in [0.1, 0.15) is 45.2 Å². The van der Waals surface area contributed by atoms with Gasteiger partial charge in [-0.2, -0.15) is 0 Å². The van der Waals surface area contributed by atoms with E-state index < -0.39 is 0 Å². The van der Waals surface area contributed by atoms with E-state index in [4.69, 9.17) is 8.83 Å². The minimum atomic E-state index is -0.104. The van der Waals surface area contributed by atoms with Gasteiger partial charge in [0.25, 0.3) is 5.91 Å². The van der Waals surface area contributed by atoms with E-state index in [2.05, 4.69) is 48.8 Å². The number of thiophene rings is 1. The number of nitrogens with zero attached hydrogens (tertiary/aromatic N) is 1. The summed E-state index contributed by atoms with van der Waals surface area (Å²) < 4.78 is 12.6. The average Bonchev–Trinajstić information content (AvgIpc) is 3.37. The largest absolute Gasteiger partial charge is 0.467 e. The number of fused-ring (bicyclic) bond motifs is 1. The van der Waals surface area contributed by atoms with Gasteiger partial charge in [0.2, 0.25) is 0 Å². The first-order chi connectivity index (χ1) is 13.1. The third-order valence-corrected chi connectivity index (χ3v) is 7.69. The summed E-state index contributed by atoms with van der Waals surface area (Å²) in [6, 6.07) is 5.53. The molecule has 1 aliphatic carbocycles. The van der Waals surface area contributed by atoms with Crippen LogP contribution in [-0.2, 0) is 19.4 Å². The van der Waals surface area contributed by atoms with Gasteiger partial charge >= 0.3 is 0 Å². The number of hydrogen-bond donors (Lipinski definition) is 1. The summed E-state index contributed by atoms with van der Waals surface area (Å²) in [4.78, 5) is 18.8. The van der Waals surface area contributed by atoms with Crippen molar-refractivity contribution >= 4 is 67.0 Å². The molecular weight excluding hydrogens is 543 g/mol. The van der Waals surface area contributed by atoms with E-state index in [9.17, 15) is 4.79 Å². The molecule has 140 valence electrons. The molecule has 27 heavy (non-hydrogen) atoms. The number of aryl methyl sites for hydroxylation is 1. The fourth-order valence-electron chi connectivity index (χ4n) is 3.09. The van der Waals surface area contributed by atoms with Crippen molar-refractivity contribution in [3.8, 4) is 0 Å². The van der Waals surface area contributed by atoms with Crippen molar-refractivity contribution in [3.05, 3.63) is 60.2 Å². The van der Waals surface area contributed by atoms with Crippen LogP contribution in [0.15, 0.2) is 42.8 Å². The highest BCUT2D eigenvalue weighted by Crippen LogP contribution is 2.40. The maximum atomic E-state index is 12.9. The van der Waals surface area contributed by atoms with Crippen molar-refractivity contribution in [2.75, 3.05) is 0 Å². The van der Waals surface area contributed by atoms with E-state index in [1.807, 2.05) is 18.2 Å². The predicted octanol–water partition coefficient (Wildman–Crippen LogP) is 5.86. The van der Waals surface area contributed by atoms with Gasteiger partial charge in [-0.1, -0.05) is 0 Å². The summed E-state index contributed by atoms with van der Waals surface area (Å²) >= 11 is 7.16. The molecule has 4 rings (SSSR count). The second-order valence-corrected chi connectivity index (χ2v) is 9.10. The van der Waals surface area contributed by atoms with Gasteiger partial charge in [0.05, 0.1) is 29.1 Å². The minimum Gasteiger partial charge on any atom is -0.467 e. The van der Waals surface area contributed by atoms with Crippen LogP contribution in [-0.4, -0.2) is 12.1 Å². The highest BCUT2D eigenvalue weighted by atomic mass is 127. The SMILES string of the molecule is O=C(NCc1ccco1)c1c(N=Cc2cc(Br)c(I)o2)sc2c1CCCC2. The van der Waals surface area contributed by atoms with Crippen LogP contribution in [0.5, 0.6) is 0 Å². The monoisotopic (exact) mass is 558 g/mol. The molecule has 1 amide bonds. The Morgan fingerprint density at radius 3 is 3.00 bits per heavy atom. The normalized spacial score (nSPS) is 13.9. The number of rotatable bonds is 5. The Kier molecular flexibility index (Phi) is 5.84. The van der Waals surface area contributed by atoms with Crippen molar-refractivity contribution in [1.29, 1.82) is 0 Å². The molecule has 0 bridgehead atoms. The molecule has 0 radical (unpaired) electrons. The first-order valence-electron chi connectivity index (χ1n) is 8.56. The molecule has 3 aromatic heterocycles. The van der Waals surface area contributed by atoms with Gasteiger partial charge in [0.1, 0.15) is 16.5 Å². The second kappa shape index (κ2) is 8.32. The number of furan rings is 2. The Balaban J connectivity index is 1.62. The number of amides is 1. The zero-order chi connectivity index (χ0) is 18.8. The molecule has 5 nitrogen and oxygen atoms in total. The predicted molar refractivity (Wildman–Crippen MR) is 117 cm³/mol. The van der Waals surface area contributed by atoms with E-state index in [-0.39, 0.29) is 5.91 Å². The average molecular weight is 559 g/mol. The van der Waals surface area contributed by atoms with Crippen LogP contribution in [0, 0.1) is 3.77 Å². The molecule has 0 fully saturated rings. The first-order valence-corrected chi connectivity index (χ1v) is 11.2. The van der Waals surface area contributed by atoms with Crippen molar-refractivity contribution in [3.63, 3.8) is 0 Å². The Hall–Kier alpha value is -1.39. The van der Waals surface area contributed by atoms with Crippen LogP contribution >= 0.6 is 49.9 Å². The summed E-state index contributed by atoms with van der Waals surface area (Å²) in [7, 11) is 0. The summed E-state index contributed by atoms with van der Waals surface area (Å²) in [5.41, 5.74) is 1.84. The molecule has 0 saturated heterocycles. The van der Waals surface area contributed by atoms with E-state index in [0.717, 1.165) is 50.2 Å². The van der Waals surface area contributed by atoms with Gasteiger partial charge in [-0.15, -0.1) is 11.3 Å². The van der Waals surface area contributed by atoms with Gasteiger partial charge < -0.3 is 14.2 Å². The minimum absolute atomic E-state index is 0.104. The molecule has 0 spiro atoms. The van der Waals surface area contributed by atoms with Crippen LogP contribution in [0.25, 0.3) is 0 Å². The van der Waals surface area contributed by atoms with Gasteiger partial charge in [0.15, 0.2) is 3.77 Å². The van der Waals surface area contributed by atoms with Crippen LogP contribution < -0.4 is 5.32 Å². The lowest BCUT2D eigenvalue weighted by atomic mass is 9.95. The number of carbonyl (C=O) groups excluding carboxylic acids is 1. The summed E-state index contributed by atoms with van der Waals surface area (Å²) in [6.45, 7) is 0.364. The highest BCUT2D eigenvalue weighted by molar-refractivity contribution is 14.1. The van der Waals surface area contributed by atoms with E-state index in [0.29, 0.717) is 17.9 Å². The standard InChI is InChI=1S/C19H16BrIN2O3S/c20-14-8-12(26-17(14)21)10-23-19-16(13-5-1-2-6-15(13)27-19)18(24)22-9-11-4-3-7-25-11/h3-4,7-8,10H,1-2,5-6,9H2,(H,22,24). The highest BCUT2D eigenvalue weighted by Gasteiger charge is 2.25. The van der Waals surface area contributed by atoms with Crippen LogP contribution in [0.4, 0.5) is 5.00 Å². The molecule has 1 N–H and O–H groups in total. The fraction of sp³-hybridized carbons (Fsp3) is 0.263. The second-order valence-electron chi connectivity index (χ2n) is 6.18. The third-order valence-electron chi connectivity index (χ3n) is 4.36. The molecule has 0 aliphatic heterocycles. The van der Waals surface area contributed by atoms with E-state index >= 15 is 0 Å². The molecule has 3 aromatic rings. The smallest absolute Gasteiger partial charge is 0.255 e. The summed E-state index contributed by atoms with van der Waals surface area (Å²) in [6.07, 6.45) is 7.48. The quantitative estimate of drug-likeness (QED) is 0.315. The molecule has 0 atom stereocenters. The molecule has 3 heterocycles. The molecule has 1 aliphatic rings. The summed E-state index contributed by atoms with van der Waals surface area (Å²) in [5, 5.41) is 3.69. The van der Waals surface area contributed by atoms with Crippen molar-refractivity contribution in [1.82, 2.24) is 5.32 Å². The molecule has 0 aromatic carbocycles. The molecule has 8 heteroatoms. The zero-order valence-electron chi connectivity index (χ0n) is 14.3. The van der Waals surface area contributed by atoms with Crippen molar-refractivity contribution < 1.29 is 13.6 Å². The van der Waals surface area contributed by atoms with Gasteiger partial charge in [-0.05, 0) is 59.3 Å². The van der Waals surface area contributed by atoms with Crippen molar-refractivity contribution in [2.45, 2.75) is 32.2 Å². The van der Waals surface area contributed by atoms with Gasteiger partial charge in [0, 0.05) is 33.5 Å². The number of halogens is 2. The van der Waals surface area contributed by atoms with E-state index in [1.165, 1.54) is 4.88 Å². The first kappa shape index (κ1) is 18.9. The van der Waals surface area contributed by atoms with Gasteiger partial charge in [-0.25, -0.2) is 4.99 Å². The number of hydrogen-bond acceptors (Lipinski definition) is 5. The maximum Gasteiger partial charge on any atom is 0.255 e. The zero-order valence-corrected chi connectivity index (χ0v) is 18.8. The van der Waals surface area contributed by atoms with E-state index in [1.54, 1.807) is 23.8 Å². The van der Waals surface area contributed by atoms with Crippen LogP contribution in [0.2, 0.25) is 0 Å². The topological polar surface area (TPSA) is 67.7 Å². The third kappa shape index (κ3) is 4.22.